The summed E-state index contributed by atoms with van der Waals surface area (Å²) in [5.74, 6) is -0.405. The van der Waals surface area contributed by atoms with Gasteiger partial charge in [-0.05, 0) is 38.4 Å². The molecular formula is C16H20FN3O. The van der Waals surface area contributed by atoms with E-state index >= 15 is 0 Å². The molecule has 0 saturated carbocycles. The zero-order valence-corrected chi connectivity index (χ0v) is 12.2. The molecule has 2 rings (SSSR count). The van der Waals surface area contributed by atoms with Gasteiger partial charge in [-0.1, -0.05) is 12.5 Å². The quantitative estimate of drug-likeness (QED) is 0.924. The maximum atomic E-state index is 13.9. The second-order valence-corrected chi connectivity index (χ2v) is 5.27. The van der Waals surface area contributed by atoms with Crippen LogP contribution < -0.4 is 5.32 Å². The summed E-state index contributed by atoms with van der Waals surface area (Å²) in [5.41, 5.74) is 0.736. The number of benzene rings is 1. The van der Waals surface area contributed by atoms with E-state index in [9.17, 15) is 9.18 Å². The number of carbonyl (C=O) groups is 1. The molecule has 1 atom stereocenters. The van der Waals surface area contributed by atoms with Crippen LogP contribution in [0, 0.1) is 17.1 Å². The Morgan fingerprint density at radius 1 is 1.52 bits per heavy atom. The van der Waals surface area contributed by atoms with Crippen LogP contribution in [0.4, 0.5) is 4.39 Å². The van der Waals surface area contributed by atoms with Gasteiger partial charge in [-0.25, -0.2) is 4.39 Å². The molecule has 1 unspecified atom stereocenters. The van der Waals surface area contributed by atoms with Crippen LogP contribution in [0.25, 0.3) is 0 Å². The fraction of sp³-hybridized carbons (Fsp3) is 0.500. The van der Waals surface area contributed by atoms with E-state index in [2.05, 4.69) is 5.32 Å². The van der Waals surface area contributed by atoms with Crippen LogP contribution in [0.15, 0.2) is 18.2 Å². The summed E-state index contributed by atoms with van der Waals surface area (Å²) in [6, 6.07) is 6.13. The third-order valence-corrected chi connectivity index (χ3v) is 3.85. The lowest BCUT2D eigenvalue weighted by molar-refractivity contribution is -0.134. The summed E-state index contributed by atoms with van der Waals surface area (Å²) in [4.78, 5) is 14.1. The topological polar surface area (TPSA) is 56.1 Å². The van der Waals surface area contributed by atoms with Gasteiger partial charge in [0, 0.05) is 18.7 Å². The van der Waals surface area contributed by atoms with Crippen molar-refractivity contribution < 1.29 is 9.18 Å². The number of rotatable bonds is 4. The zero-order valence-electron chi connectivity index (χ0n) is 12.2. The van der Waals surface area contributed by atoms with E-state index in [1.54, 1.807) is 17.0 Å². The van der Waals surface area contributed by atoms with Crippen LogP contribution in [0.5, 0.6) is 0 Å². The molecule has 112 valence electrons. The summed E-state index contributed by atoms with van der Waals surface area (Å²) < 4.78 is 13.9. The van der Waals surface area contributed by atoms with E-state index in [0.717, 1.165) is 25.8 Å². The molecule has 0 aromatic heterocycles. The van der Waals surface area contributed by atoms with Crippen LogP contribution in [0.2, 0.25) is 0 Å². The van der Waals surface area contributed by atoms with Crippen molar-refractivity contribution in [1.29, 1.82) is 5.26 Å². The van der Waals surface area contributed by atoms with Crippen molar-refractivity contribution in [3.63, 3.8) is 0 Å². The molecule has 1 aromatic rings. The molecule has 1 amide bonds. The highest BCUT2D eigenvalue weighted by molar-refractivity contribution is 5.82. The summed E-state index contributed by atoms with van der Waals surface area (Å²) in [6.07, 6.45) is 2.98. The van der Waals surface area contributed by atoms with Gasteiger partial charge in [0.05, 0.1) is 17.7 Å². The molecule has 1 aliphatic heterocycles. The Bertz CT molecular complexity index is 547. The first kappa shape index (κ1) is 15.5. The summed E-state index contributed by atoms with van der Waals surface area (Å²) >= 11 is 0. The fourth-order valence-electron chi connectivity index (χ4n) is 2.58. The molecule has 1 aliphatic rings. The minimum absolute atomic E-state index is 0.0287. The first-order valence-corrected chi connectivity index (χ1v) is 7.36. The molecule has 4 nitrogen and oxygen atoms in total. The Labute approximate surface area is 124 Å². The number of halogens is 1. The molecular weight excluding hydrogens is 269 g/mol. The lowest BCUT2D eigenvalue weighted by Gasteiger charge is -2.29. The van der Waals surface area contributed by atoms with Gasteiger partial charge in [0.15, 0.2) is 0 Å². The maximum Gasteiger partial charge on any atom is 0.239 e. The lowest BCUT2D eigenvalue weighted by Crippen LogP contribution is -2.48. The zero-order chi connectivity index (χ0) is 15.2. The number of likely N-dealkylation sites (N-methyl/N-ethyl adjacent to an activating group) is 1. The highest BCUT2D eigenvalue weighted by Gasteiger charge is 2.25. The average Bonchev–Trinajstić information content (AvgIpc) is 2.54. The third kappa shape index (κ3) is 3.79. The molecule has 1 N–H and O–H groups in total. The average molecular weight is 289 g/mol. The Morgan fingerprint density at radius 3 is 2.90 bits per heavy atom. The van der Waals surface area contributed by atoms with Crippen LogP contribution in [0.1, 0.15) is 37.3 Å². The molecule has 21 heavy (non-hydrogen) atoms. The normalized spacial score (nSPS) is 18.0. The standard InChI is InChI=1S/C16H20FN3O/c1-2-20(16(21)15-5-3-4-8-19-15)11-13-7-6-12(10-18)9-14(13)17/h6-7,9,15,19H,2-5,8,11H2,1H3. The highest BCUT2D eigenvalue weighted by Crippen LogP contribution is 2.15. The smallest absolute Gasteiger partial charge is 0.239 e. The van der Waals surface area contributed by atoms with Crippen LogP contribution >= 0.6 is 0 Å². The Morgan fingerprint density at radius 2 is 2.33 bits per heavy atom. The van der Waals surface area contributed by atoms with Gasteiger partial charge in [-0.2, -0.15) is 5.26 Å². The fourth-order valence-corrected chi connectivity index (χ4v) is 2.58. The van der Waals surface area contributed by atoms with Crippen molar-refractivity contribution in [2.45, 2.75) is 38.8 Å². The van der Waals surface area contributed by atoms with Crippen molar-refractivity contribution in [1.82, 2.24) is 10.2 Å². The number of piperidine rings is 1. The van der Waals surface area contributed by atoms with Gasteiger partial charge in [0.25, 0.3) is 0 Å². The minimum Gasteiger partial charge on any atom is -0.337 e. The first-order chi connectivity index (χ1) is 10.2. The Hall–Kier alpha value is -1.93. The summed E-state index contributed by atoms with van der Waals surface area (Å²) in [5, 5.41) is 12.0. The number of nitriles is 1. The van der Waals surface area contributed by atoms with Gasteiger partial charge in [-0.3, -0.25) is 4.79 Å². The number of hydrogen-bond acceptors (Lipinski definition) is 3. The predicted octanol–water partition coefficient (Wildman–Crippen LogP) is 2.19. The van der Waals surface area contributed by atoms with E-state index in [0.29, 0.717) is 17.7 Å². The number of nitrogens with zero attached hydrogens (tertiary/aromatic N) is 2. The van der Waals surface area contributed by atoms with Gasteiger partial charge in [0.2, 0.25) is 5.91 Å². The van der Waals surface area contributed by atoms with Gasteiger partial charge >= 0.3 is 0 Å². The molecule has 5 heteroatoms. The highest BCUT2D eigenvalue weighted by atomic mass is 19.1. The molecule has 0 radical (unpaired) electrons. The summed E-state index contributed by atoms with van der Waals surface area (Å²) in [7, 11) is 0. The largest absolute Gasteiger partial charge is 0.337 e. The molecule has 1 saturated heterocycles. The van der Waals surface area contributed by atoms with E-state index in [4.69, 9.17) is 5.26 Å². The Balaban J connectivity index is 2.08. The van der Waals surface area contributed by atoms with E-state index in [-0.39, 0.29) is 18.5 Å². The van der Waals surface area contributed by atoms with Crippen molar-refractivity contribution in [2.75, 3.05) is 13.1 Å². The third-order valence-electron chi connectivity index (χ3n) is 3.85. The van der Waals surface area contributed by atoms with Crippen molar-refractivity contribution >= 4 is 5.91 Å². The SMILES string of the molecule is CCN(Cc1ccc(C#N)cc1F)C(=O)C1CCCCN1. The van der Waals surface area contributed by atoms with Gasteiger partial charge in [-0.15, -0.1) is 0 Å². The molecule has 0 spiro atoms. The monoisotopic (exact) mass is 289 g/mol. The van der Waals surface area contributed by atoms with Crippen molar-refractivity contribution in [3.8, 4) is 6.07 Å². The maximum absolute atomic E-state index is 13.9. The molecule has 0 aliphatic carbocycles. The minimum atomic E-state index is -0.433. The summed E-state index contributed by atoms with van der Waals surface area (Å²) in [6.45, 7) is 3.53. The van der Waals surface area contributed by atoms with Crippen LogP contribution in [-0.2, 0) is 11.3 Å². The van der Waals surface area contributed by atoms with Crippen LogP contribution in [0.3, 0.4) is 0 Å². The number of nitrogens with one attached hydrogen (secondary N) is 1. The molecule has 1 aromatic carbocycles. The van der Waals surface area contributed by atoms with Crippen molar-refractivity contribution in [3.05, 3.63) is 35.1 Å². The number of hydrogen-bond donors (Lipinski definition) is 1. The molecule has 1 fully saturated rings. The van der Waals surface area contributed by atoms with E-state index < -0.39 is 5.82 Å². The second-order valence-electron chi connectivity index (χ2n) is 5.27. The first-order valence-electron chi connectivity index (χ1n) is 7.36. The second kappa shape index (κ2) is 7.19. The van der Waals surface area contributed by atoms with Gasteiger partial charge in [0.1, 0.15) is 5.82 Å². The predicted molar refractivity (Wildman–Crippen MR) is 77.8 cm³/mol. The Kier molecular flexibility index (Phi) is 5.29. The van der Waals surface area contributed by atoms with Crippen LogP contribution in [-0.4, -0.2) is 29.9 Å². The van der Waals surface area contributed by atoms with E-state index in [1.165, 1.54) is 6.07 Å². The van der Waals surface area contributed by atoms with E-state index in [1.807, 2.05) is 13.0 Å². The molecule has 0 bridgehead atoms. The lowest BCUT2D eigenvalue weighted by atomic mass is 10.0. The van der Waals surface area contributed by atoms with Crippen molar-refractivity contribution in [2.24, 2.45) is 0 Å². The number of amides is 1. The number of carbonyl (C=O) groups excluding carboxylic acids is 1. The van der Waals surface area contributed by atoms with Gasteiger partial charge < -0.3 is 10.2 Å². The molecule has 1 heterocycles.